The fourth-order valence-corrected chi connectivity index (χ4v) is 3.64. The van der Waals surface area contributed by atoms with Crippen LogP contribution < -0.4 is 5.43 Å². The number of nitrogens with zero attached hydrogens (tertiary/aromatic N) is 1. The lowest BCUT2D eigenvalue weighted by Crippen LogP contribution is -2.19. The van der Waals surface area contributed by atoms with Gasteiger partial charge in [-0.2, -0.15) is 4.73 Å². The normalized spacial score (nSPS) is 11.3. The molecule has 0 saturated heterocycles. The zero-order valence-electron chi connectivity index (χ0n) is 15.9. The van der Waals surface area contributed by atoms with Gasteiger partial charge < -0.3 is 5.21 Å². The van der Waals surface area contributed by atoms with Crippen LogP contribution in [0.5, 0.6) is 0 Å². The van der Waals surface area contributed by atoms with Gasteiger partial charge in [0.05, 0.1) is 11.2 Å². The van der Waals surface area contributed by atoms with Crippen molar-refractivity contribution in [1.29, 1.82) is 0 Å². The average Bonchev–Trinajstić information content (AvgIpc) is 2.64. The second-order valence-corrected chi connectivity index (χ2v) is 7.02. The molecular weight excluding hydrogens is 310 g/mol. The molecule has 0 amide bonds. The minimum absolute atomic E-state index is 0.0781. The third-order valence-electron chi connectivity index (χ3n) is 5.13. The quantitative estimate of drug-likeness (QED) is 0.409. The lowest BCUT2D eigenvalue weighted by atomic mass is 10.0. The molecule has 0 aliphatic heterocycles. The molecule has 0 aliphatic rings. The Hall–Kier alpha value is -1.77. The van der Waals surface area contributed by atoms with Crippen LogP contribution in [0.25, 0.3) is 10.9 Å². The lowest BCUT2D eigenvalue weighted by Gasteiger charge is -2.15. The molecular formula is C22H33NO2. The Labute approximate surface area is 151 Å². The highest BCUT2D eigenvalue weighted by atomic mass is 16.5. The van der Waals surface area contributed by atoms with Crippen LogP contribution in [0.4, 0.5) is 0 Å². The Bertz CT molecular complexity index is 718. The van der Waals surface area contributed by atoms with Crippen molar-refractivity contribution in [2.45, 2.75) is 84.5 Å². The first kappa shape index (κ1) is 19.6. The average molecular weight is 344 g/mol. The van der Waals surface area contributed by atoms with Crippen molar-refractivity contribution in [1.82, 2.24) is 4.73 Å². The second-order valence-electron chi connectivity index (χ2n) is 7.02. The van der Waals surface area contributed by atoms with Gasteiger partial charge in [-0.1, -0.05) is 77.3 Å². The summed E-state index contributed by atoms with van der Waals surface area (Å²) < 4.78 is 1.25. The summed E-state index contributed by atoms with van der Waals surface area (Å²) in [6.45, 7) is 4.24. The van der Waals surface area contributed by atoms with Gasteiger partial charge in [-0.3, -0.25) is 4.79 Å². The summed E-state index contributed by atoms with van der Waals surface area (Å²) in [6.07, 6.45) is 12.9. The van der Waals surface area contributed by atoms with Crippen LogP contribution in [0, 0.1) is 0 Å². The van der Waals surface area contributed by atoms with Crippen molar-refractivity contribution in [3.63, 3.8) is 0 Å². The van der Waals surface area contributed by atoms with Gasteiger partial charge in [-0.15, -0.1) is 0 Å². The van der Waals surface area contributed by atoms with Crippen LogP contribution in [0.2, 0.25) is 0 Å². The van der Waals surface area contributed by atoms with Gasteiger partial charge in [-0.25, -0.2) is 0 Å². The van der Waals surface area contributed by atoms with Gasteiger partial charge in [0.25, 0.3) is 0 Å². The maximum Gasteiger partial charge on any atom is 0.193 e. The monoisotopic (exact) mass is 343 g/mol. The number of fused-ring (bicyclic) bond motifs is 1. The molecule has 2 rings (SSSR count). The Kier molecular flexibility index (Phi) is 8.03. The number of unbranched alkanes of at least 4 members (excludes halogenated alkanes) is 8. The zero-order chi connectivity index (χ0) is 18.1. The number of para-hydroxylation sites is 1. The first-order valence-electron chi connectivity index (χ1n) is 10.1. The van der Waals surface area contributed by atoms with Crippen LogP contribution in [0.3, 0.4) is 0 Å². The predicted octanol–water partition coefficient (Wildman–Crippen LogP) is 5.87. The van der Waals surface area contributed by atoms with Crippen molar-refractivity contribution in [3.05, 3.63) is 45.7 Å². The second kappa shape index (κ2) is 10.3. The molecule has 0 spiro atoms. The van der Waals surface area contributed by atoms with Crippen molar-refractivity contribution in [2.75, 3.05) is 0 Å². The minimum atomic E-state index is 0.0781. The molecule has 0 radical (unpaired) electrons. The molecule has 0 bridgehead atoms. The van der Waals surface area contributed by atoms with Gasteiger partial charge in [0.1, 0.15) is 0 Å². The Morgan fingerprint density at radius 2 is 1.48 bits per heavy atom. The third-order valence-corrected chi connectivity index (χ3v) is 5.13. The van der Waals surface area contributed by atoms with E-state index in [1.165, 1.54) is 49.7 Å². The third kappa shape index (κ3) is 5.10. The van der Waals surface area contributed by atoms with Crippen LogP contribution in [-0.2, 0) is 12.8 Å². The Balaban J connectivity index is 1.93. The summed E-state index contributed by atoms with van der Waals surface area (Å²) in [6, 6.07) is 7.33. The smallest absolute Gasteiger partial charge is 0.193 e. The van der Waals surface area contributed by atoms with Gasteiger partial charge in [0.2, 0.25) is 0 Å². The number of hydrogen-bond donors (Lipinski definition) is 1. The molecule has 3 nitrogen and oxygen atoms in total. The van der Waals surface area contributed by atoms with E-state index in [1.54, 1.807) is 6.07 Å². The maximum atomic E-state index is 12.7. The number of benzene rings is 1. The van der Waals surface area contributed by atoms with E-state index in [-0.39, 0.29) is 5.43 Å². The number of aromatic nitrogens is 1. The summed E-state index contributed by atoms with van der Waals surface area (Å²) in [5, 5.41) is 11.2. The van der Waals surface area contributed by atoms with Crippen LogP contribution >= 0.6 is 0 Å². The van der Waals surface area contributed by atoms with Crippen molar-refractivity contribution >= 4 is 10.9 Å². The molecule has 3 heteroatoms. The number of rotatable bonds is 11. The highest BCUT2D eigenvalue weighted by Crippen LogP contribution is 2.18. The summed E-state index contributed by atoms with van der Waals surface area (Å²) in [4.78, 5) is 12.7. The summed E-state index contributed by atoms with van der Waals surface area (Å²) in [7, 11) is 0. The van der Waals surface area contributed by atoms with Crippen molar-refractivity contribution < 1.29 is 5.21 Å². The fraction of sp³-hybridized carbons (Fsp3) is 0.591. The van der Waals surface area contributed by atoms with E-state index in [1.807, 2.05) is 25.1 Å². The maximum absolute atomic E-state index is 12.7. The molecule has 138 valence electrons. The molecule has 0 saturated carbocycles. The SMILES string of the molecule is CCCCCCCCCCCc1c(CC)c(=O)c2ccccc2n1O. The van der Waals surface area contributed by atoms with E-state index in [0.717, 1.165) is 30.5 Å². The zero-order valence-corrected chi connectivity index (χ0v) is 15.9. The largest absolute Gasteiger partial charge is 0.428 e. The van der Waals surface area contributed by atoms with Gasteiger partial charge >= 0.3 is 0 Å². The van der Waals surface area contributed by atoms with E-state index in [0.29, 0.717) is 17.3 Å². The molecule has 0 atom stereocenters. The molecule has 0 unspecified atom stereocenters. The predicted molar refractivity (Wildman–Crippen MR) is 106 cm³/mol. The Morgan fingerprint density at radius 3 is 2.12 bits per heavy atom. The molecule has 25 heavy (non-hydrogen) atoms. The van der Waals surface area contributed by atoms with E-state index >= 15 is 0 Å². The molecule has 1 aromatic carbocycles. The molecule has 1 aromatic heterocycles. The topological polar surface area (TPSA) is 42.2 Å². The molecule has 1 N–H and O–H groups in total. The lowest BCUT2D eigenvalue weighted by molar-refractivity contribution is 0.186. The fourth-order valence-electron chi connectivity index (χ4n) is 3.64. The summed E-state index contributed by atoms with van der Waals surface area (Å²) in [5.41, 5.74) is 2.26. The van der Waals surface area contributed by atoms with Crippen molar-refractivity contribution in [3.8, 4) is 0 Å². The number of pyridine rings is 1. The molecule has 0 fully saturated rings. The van der Waals surface area contributed by atoms with E-state index in [9.17, 15) is 10.0 Å². The number of hydrogen-bond acceptors (Lipinski definition) is 2. The van der Waals surface area contributed by atoms with Gasteiger partial charge in [-0.05, 0) is 31.4 Å². The first-order valence-corrected chi connectivity index (χ1v) is 10.1. The van der Waals surface area contributed by atoms with Gasteiger partial charge in [0, 0.05) is 10.9 Å². The summed E-state index contributed by atoms with van der Waals surface area (Å²) >= 11 is 0. The van der Waals surface area contributed by atoms with E-state index in [4.69, 9.17) is 0 Å². The van der Waals surface area contributed by atoms with Gasteiger partial charge in [0.15, 0.2) is 5.43 Å². The Morgan fingerprint density at radius 1 is 0.880 bits per heavy atom. The standard InChI is InChI=1S/C22H33NO2/c1-3-5-6-7-8-9-10-11-12-16-20-18(4-2)22(24)19-15-13-14-17-21(19)23(20)25/h13-15,17,25H,3-12,16H2,1-2H3. The van der Waals surface area contributed by atoms with E-state index < -0.39 is 0 Å². The van der Waals surface area contributed by atoms with Crippen LogP contribution in [0.15, 0.2) is 29.1 Å². The van der Waals surface area contributed by atoms with Crippen LogP contribution in [0.1, 0.15) is 82.9 Å². The highest BCUT2D eigenvalue weighted by Gasteiger charge is 2.14. The highest BCUT2D eigenvalue weighted by molar-refractivity contribution is 5.79. The molecule has 0 aliphatic carbocycles. The minimum Gasteiger partial charge on any atom is -0.428 e. The van der Waals surface area contributed by atoms with E-state index in [2.05, 4.69) is 6.92 Å². The molecule has 2 aromatic rings. The van der Waals surface area contributed by atoms with Crippen LogP contribution in [-0.4, -0.2) is 9.94 Å². The van der Waals surface area contributed by atoms with Crippen molar-refractivity contribution in [2.24, 2.45) is 0 Å². The first-order chi connectivity index (χ1) is 12.2. The molecule has 1 heterocycles. The summed E-state index contributed by atoms with van der Waals surface area (Å²) in [5.74, 6) is 0.